The number of hydrogen-bond donors (Lipinski definition) is 1. The summed E-state index contributed by atoms with van der Waals surface area (Å²) in [5, 5.41) is 3.78. The van der Waals surface area contributed by atoms with Crippen LogP contribution in [-0.4, -0.2) is 35.9 Å². The summed E-state index contributed by atoms with van der Waals surface area (Å²) in [4.78, 5) is 18.9. The monoisotopic (exact) mass is 223 g/mol. The lowest BCUT2D eigenvalue weighted by Gasteiger charge is -2.24. The molecule has 0 atom stereocenters. The Balaban J connectivity index is 2.28. The molecule has 0 saturated heterocycles. The first-order chi connectivity index (χ1) is 7.26. The number of carbonyl (C=O) groups excluding carboxylic acids is 1. The van der Waals surface area contributed by atoms with Gasteiger partial charge >= 0.3 is 0 Å². The van der Waals surface area contributed by atoms with Crippen LogP contribution >= 0.6 is 11.3 Å². The molecule has 80 valence electrons. The number of carbonyl (C=O) groups is 1. The Kier molecular flexibility index (Phi) is 2.73. The first-order valence-electron chi connectivity index (χ1n) is 4.84. The van der Waals surface area contributed by atoms with Crippen LogP contribution in [0.15, 0.2) is 12.7 Å². The van der Waals surface area contributed by atoms with Crippen molar-refractivity contribution in [1.29, 1.82) is 0 Å². The van der Waals surface area contributed by atoms with E-state index in [1.165, 1.54) is 11.3 Å². The number of anilines is 1. The third-order valence-corrected chi connectivity index (χ3v) is 3.46. The van der Waals surface area contributed by atoms with Crippen molar-refractivity contribution < 1.29 is 4.79 Å². The number of aromatic nitrogens is 1. The van der Waals surface area contributed by atoms with Crippen LogP contribution in [0.2, 0.25) is 0 Å². The van der Waals surface area contributed by atoms with Gasteiger partial charge < -0.3 is 10.2 Å². The Hall–Kier alpha value is -1.36. The summed E-state index contributed by atoms with van der Waals surface area (Å²) in [5.41, 5.74) is 0.926. The van der Waals surface area contributed by atoms with Crippen LogP contribution in [0, 0.1) is 0 Å². The first-order valence-corrected chi connectivity index (χ1v) is 5.65. The zero-order valence-corrected chi connectivity index (χ0v) is 9.43. The quantitative estimate of drug-likeness (QED) is 0.787. The molecule has 0 aromatic carbocycles. The van der Waals surface area contributed by atoms with E-state index >= 15 is 0 Å². The van der Waals surface area contributed by atoms with Gasteiger partial charge in [-0.3, -0.25) is 4.79 Å². The van der Waals surface area contributed by atoms with Crippen molar-refractivity contribution in [3.05, 3.63) is 23.2 Å². The van der Waals surface area contributed by atoms with Gasteiger partial charge in [-0.1, -0.05) is 17.4 Å². The van der Waals surface area contributed by atoms with Crippen molar-refractivity contribution in [2.45, 2.75) is 6.42 Å². The highest BCUT2D eigenvalue weighted by Crippen LogP contribution is 2.27. The van der Waals surface area contributed by atoms with E-state index in [0.717, 1.165) is 28.7 Å². The van der Waals surface area contributed by atoms with Crippen LogP contribution in [0.25, 0.3) is 0 Å². The number of rotatable bonds is 3. The largest absolute Gasteiger partial charge is 0.365 e. The molecular weight excluding hydrogens is 210 g/mol. The Labute approximate surface area is 92.6 Å². The average Bonchev–Trinajstić information content (AvgIpc) is 2.66. The molecule has 15 heavy (non-hydrogen) atoms. The highest BCUT2D eigenvalue weighted by molar-refractivity contribution is 7.17. The van der Waals surface area contributed by atoms with Crippen molar-refractivity contribution in [1.82, 2.24) is 9.88 Å². The van der Waals surface area contributed by atoms with E-state index < -0.39 is 0 Å². The molecule has 0 saturated carbocycles. The molecule has 2 heterocycles. The average molecular weight is 223 g/mol. The summed E-state index contributed by atoms with van der Waals surface area (Å²) in [7, 11) is 1.82. The summed E-state index contributed by atoms with van der Waals surface area (Å²) in [6, 6.07) is 0. The second kappa shape index (κ2) is 4.02. The molecule has 1 aliphatic rings. The number of nitrogens with zero attached hydrogens (tertiary/aromatic N) is 2. The van der Waals surface area contributed by atoms with Crippen LogP contribution in [0.4, 0.5) is 5.13 Å². The van der Waals surface area contributed by atoms with E-state index in [1.54, 1.807) is 11.0 Å². The summed E-state index contributed by atoms with van der Waals surface area (Å²) in [6.07, 6.45) is 2.59. The third-order valence-electron chi connectivity index (χ3n) is 2.36. The molecule has 0 aliphatic carbocycles. The van der Waals surface area contributed by atoms with Crippen molar-refractivity contribution in [2.75, 3.05) is 25.5 Å². The molecule has 0 radical (unpaired) electrons. The number of fused-ring (bicyclic) bond motifs is 1. The predicted molar refractivity (Wildman–Crippen MR) is 61.5 cm³/mol. The molecule has 4 nitrogen and oxygen atoms in total. The van der Waals surface area contributed by atoms with Gasteiger partial charge in [0, 0.05) is 26.6 Å². The second-order valence-electron chi connectivity index (χ2n) is 3.33. The zero-order chi connectivity index (χ0) is 10.8. The Morgan fingerprint density at radius 3 is 3.20 bits per heavy atom. The summed E-state index contributed by atoms with van der Waals surface area (Å²) < 4.78 is 0. The maximum atomic E-state index is 12.0. The summed E-state index contributed by atoms with van der Waals surface area (Å²) in [5.74, 6) is 0.0788. The van der Waals surface area contributed by atoms with Gasteiger partial charge in [0.15, 0.2) is 5.13 Å². The molecule has 1 N–H and O–H groups in total. The topological polar surface area (TPSA) is 45.2 Å². The molecule has 0 bridgehead atoms. The number of nitrogens with one attached hydrogen (secondary N) is 1. The predicted octanol–water partition coefficient (Wildman–Crippen LogP) is 1.37. The molecule has 1 aliphatic heterocycles. The highest BCUT2D eigenvalue weighted by Gasteiger charge is 2.27. The van der Waals surface area contributed by atoms with E-state index in [2.05, 4.69) is 16.9 Å². The lowest BCUT2D eigenvalue weighted by Crippen LogP contribution is -2.36. The van der Waals surface area contributed by atoms with E-state index in [9.17, 15) is 4.79 Å². The first kappa shape index (κ1) is 10.2. The number of thiazole rings is 1. The van der Waals surface area contributed by atoms with Crippen LogP contribution in [0.3, 0.4) is 0 Å². The minimum atomic E-state index is 0.0788. The number of amides is 1. The molecule has 1 aromatic heterocycles. The van der Waals surface area contributed by atoms with Gasteiger partial charge in [0.25, 0.3) is 5.91 Å². The number of hydrogen-bond acceptors (Lipinski definition) is 4. The van der Waals surface area contributed by atoms with Gasteiger partial charge in [0.05, 0.1) is 5.69 Å². The highest BCUT2D eigenvalue weighted by atomic mass is 32.1. The minimum Gasteiger partial charge on any atom is -0.365 e. The molecule has 5 heteroatoms. The van der Waals surface area contributed by atoms with E-state index in [1.807, 2.05) is 7.05 Å². The molecule has 2 rings (SSSR count). The van der Waals surface area contributed by atoms with Crippen molar-refractivity contribution >= 4 is 22.4 Å². The molecule has 0 unspecified atom stereocenters. The van der Waals surface area contributed by atoms with Crippen molar-refractivity contribution in [3.8, 4) is 0 Å². The molecular formula is C10H13N3OS. The standard InChI is InChI=1S/C10H13N3OS/c1-3-5-13-6-4-7-8(9(13)14)15-10(11-2)12-7/h3H,1,4-6H2,2H3,(H,11,12). The maximum absolute atomic E-state index is 12.0. The van der Waals surface area contributed by atoms with E-state index in [-0.39, 0.29) is 5.91 Å². The van der Waals surface area contributed by atoms with Gasteiger partial charge in [0.1, 0.15) is 4.88 Å². The smallest absolute Gasteiger partial charge is 0.266 e. The fourth-order valence-corrected chi connectivity index (χ4v) is 2.54. The normalized spacial score (nSPS) is 15.0. The van der Waals surface area contributed by atoms with Gasteiger partial charge in [0.2, 0.25) is 0 Å². The van der Waals surface area contributed by atoms with Crippen LogP contribution in [0.5, 0.6) is 0 Å². The van der Waals surface area contributed by atoms with Crippen LogP contribution in [-0.2, 0) is 6.42 Å². The lowest BCUT2D eigenvalue weighted by atomic mass is 10.1. The van der Waals surface area contributed by atoms with Crippen LogP contribution in [0.1, 0.15) is 15.4 Å². The lowest BCUT2D eigenvalue weighted by molar-refractivity contribution is 0.0763. The van der Waals surface area contributed by atoms with Crippen LogP contribution < -0.4 is 5.32 Å². The van der Waals surface area contributed by atoms with Crippen molar-refractivity contribution in [3.63, 3.8) is 0 Å². The molecule has 0 fully saturated rings. The fourth-order valence-electron chi connectivity index (χ4n) is 1.61. The third kappa shape index (κ3) is 1.74. The van der Waals surface area contributed by atoms with Gasteiger partial charge in [-0.05, 0) is 0 Å². The second-order valence-corrected chi connectivity index (χ2v) is 4.33. The zero-order valence-electron chi connectivity index (χ0n) is 8.62. The van der Waals surface area contributed by atoms with E-state index in [0.29, 0.717) is 6.54 Å². The Morgan fingerprint density at radius 1 is 1.73 bits per heavy atom. The summed E-state index contributed by atoms with van der Waals surface area (Å²) in [6.45, 7) is 5.01. The van der Waals surface area contributed by atoms with Gasteiger partial charge in [-0.2, -0.15) is 0 Å². The fraction of sp³-hybridized carbons (Fsp3) is 0.400. The minimum absolute atomic E-state index is 0.0788. The van der Waals surface area contributed by atoms with Gasteiger partial charge in [-0.25, -0.2) is 4.98 Å². The molecule has 1 amide bonds. The van der Waals surface area contributed by atoms with Crippen molar-refractivity contribution in [2.24, 2.45) is 0 Å². The Morgan fingerprint density at radius 2 is 2.53 bits per heavy atom. The van der Waals surface area contributed by atoms with E-state index in [4.69, 9.17) is 0 Å². The molecule has 1 aromatic rings. The SMILES string of the molecule is C=CCN1CCc2nc(NC)sc2C1=O. The van der Waals surface area contributed by atoms with Gasteiger partial charge in [-0.15, -0.1) is 6.58 Å². The maximum Gasteiger partial charge on any atom is 0.266 e. The Bertz CT molecular complexity index is 399. The summed E-state index contributed by atoms with van der Waals surface area (Å²) >= 11 is 1.43. The molecule has 0 spiro atoms.